The normalized spacial score (nSPS) is 19.2. The van der Waals surface area contributed by atoms with Gasteiger partial charge in [-0.25, -0.2) is 9.97 Å². The molecule has 5 heteroatoms. The third kappa shape index (κ3) is 3.61. The Balaban J connectivity index is 0.00000128. The summed E-state index contributed by atoms with van der Waals surface area (Å²) in [6, 6.07) is 1.99. The van der Waals surface area contributed by atoms with E-state index in [1.54, 1.807) is 0 Å². The van der Waals surface area contributed by atoms with E-state index in [1.807, 2.05) is 19.9 Å². The third-order valence-corrected chi connectivity index (χ3v) is 2.69. The highest BCUT2D eigenvalue weighted by molar-refractivity contribution is 5.85. The number of nitrogens with zero attached hydrogens (tertiary/aromatic N) is 2. The van der Waals surface area contributed by atoms with E-state index in [2.05, 4.69) is 20.6 Å². The second-order valence-electron chi connectivity index (χ2n) is 4.21. The summed E-state index contributed by atoms with van der Waals surface area (Å²) in [6.07, 6.45) is 1.25. The van der Waals surface area contributed by atoms with Crippen LogP contribution in [0.25, 0.3) is 0 Å². The van der Waals surface area contributed by atoms with E-state index in [0.29, 0.717) is 0 Å². The van der Waals surface area contributed by atoms with E-state index in [4.69, 9.17) is 0 Å². The quantitative estimate of drug-likeness (QED) is 0.844. The lowest BCUT2D eigenvalue weighted by Crippen LogP contribution is -2.18. The second-order valence-corrected chi connectivity index (χ2v) is 4.21. The summed E-state index contributed by atoms with van der Waals surface area (Å²) in [5, 5.41) is 6.66. The van der Waals surface area contributed by atoms with Gasteiger partial charge in [-0.3, -0.25) is 0 Å². The molecule has 0 aliphatic carbocycles. The van der Waals surface area contributed by atoms with E-state index in [-0.39, 0.29) is 12.4 Å². The van der Waals surface area contributed by atoms with Crippen LogP contribution in [0.3, 0.4) is 0 Å². The van der Waals surface area contributed by atoms with Crippen LogP contribution < -0.4 is 10.6 Å². The van der Waals surface area contributed by atoms with Crippen molar-refractivity contribution in [1.29, 1.82) is 0 Å². The maximum absolute atomic E-state index is 4.35. The van der Waals surface area contributed by atoms with Gasteiger partial charge in [-0.1, -0.05) is 0 Å². The zero-order chi connectivity index (χ0) is 10.7. The number of aromatic nitrogens is 2. The first-order valence-corrected chi connectivity index (χ1v) is 5.51. The van der Waals surface area contributed by atoms with Crippen LogP contribution in [0, 0.1) is 19.8 Å². The molecule has 1 aromatic heterocycles. The fourth-order valence-corrected chi connectivity index (χ4v) is 1.93. The molecule has 2 heterocycles. The average Bonchev–Trinajstić information content (AvgIpc) is 2.65. The highest BCUT2D eigenvalue weighted by Crippen LogP contribution is 2.09. The topological polar surface area (TPSA) is 49.8 Å². The predicted octanol–water partition coefficient (Wildman–Crippen LogP) is 1.54. The van der Waals surface area contributed by atoms with E-state index < -0.39 is 0 Å². The number of nitrogens with one attached hydrogen (secondary N) is 2. The van der Waals surface area contributed by atoms with E-state index in [9.17, 15) is 0 Å². The van der Waals surface area contributed by atoms with E-state index in [0.717, 1.165) is 42.9 Å². The van der Waals surface area contributed by atoms with Crippen molar-refractivity contribution >= 4 is 18.4 Å². The van der Waals surface area contributed by atoms with Gasteiger partial charge in [-0.2, -0.15) is 0 Å². The van der Waals surface area contributed by atoms with Crippen molar-refractivity contribution in [1.82, 2.24) is 15.3 Å². The molecule has 0 spiro atoms. The Kier molecular flexibility index (Phi) is 4.96. The Morgan fingerprint density at radius 3 is 2.62 bits per heavy atom. The minimum absolute atomic E-state index is 0. The third-order valence-electron chi connectivity index (χ3n) is 2.69. The summed E-state index contributed by atoms with van der Waals surface area (Å²) in [5.74, 6) is 1.48. The van der Waals surface area contributed by atoms with Gasteiger partial charge in [-0.15, -0.1) is 12.4 Å². The summed E-state index contributed by atoms with van der Waals surface area (Å²) in [7, 11) is 0. The molecule has 1 aliphatic heterocycles. The van der Waals surface area contributed by atoms with Gasteiger partial charge in [0.15, 0.2) is 0 Å². The fraction of sp³-hybridized carbons (Fsp3) is 0.636. The molecule has 0 amide bonds. The molecule has 0 bridgehead atoms. The number of hydrogen-bond donors (Lipinski definition) is 2. The van der Waals surface area contributed by atoms with Gasteiger partial charge in [0.2, 0.25) is 5.95 Å². The van der Waals surface area contributed by atoms with Gasteiger partial charge in [-0.05, 0) is 45.3 Å². The number of rotatable bonds is 3. The molecule has 16 heavy (non-hydrogen) atoms. The highest BCUT2D eigenvalue weighted by Gasteiger charge is 2.14. The van der Waals surface area contributed by atoms with Crippen LogP contribution in [-0.2, 0) is 0 Å². The van der Waals surface area contributed by atoms with E-state index >= 15 is 0 Å². The van der Waals surface area contributed by atoms with Crippen molar-refractivity contribution in [3.63, 3.8) is 0 Å². The zero-order valence-electron chi connectivity index (χ0n) is 9.79. The first kappa shape index (κ1) is 13.2. The van der Waals surface area contributed by atoms with Crippen molar-refractivity contribution in [3.05, 3.63) is 17.5 Å². The highest BCUT2D eigenvalue weighted by atomic mass is 35.5. The average molecular weight is 243 g/mol. The molecule has 1 fully saturated rings. The first-order chi connectivity index (χ1) is 7.24. The largest absolute Gasteiger partial charge is 0.354 e. The predicted molar refractivity (Wildman–Crippen MR) is 68.2 cm³/mol. The van der Waals surface area contributed by atoms with Gasteiger partial charge in [0.25, 0.3) is 0 Å². The standard InChI is InChI=1S/C11H18N4.ClH/c1-8-5-9(2)15-11(14-8)13-7-10-3-4-12-6-10;/h5,10,12H,3-4,6-7H2,1-2H3,(H,13,14,15);1H. The molecule has 4 nitrogen and oxygen atoms in total. The van der Waals surface area contributed by atoms with Crippen LogP contribution >= 0.6 is 12.4 Å². The molecular formula is C11H19ClN4. The van der Waals surface area contributed by atoms with Gasteiger partial charge in [0, 0.05) is 17.9 Å². The van der Waals surface area contributed by atoms with Gasteiger partial charge in [0.05, 0.1) is 0 Å². The SMILES string of the molecule is Cc1cc(C)nc(NCC2CCNC2)n1.Cl. The van der Waals surface area contributed by atoms with Crippen molar-refractivity contribution in [2.45, 2.75) is 20.3 Å². The van der Waals surface area contributed by atoms with Crippen molar-refractivity contribution in [3.8, 4) is 0 Å². The van der Waals surface area contributed by atoms with Gasteiger partial charge >= 0.3 is 0 Å². The lowest BCUT2D eigenvalue weighted by molar-refractivity contribution is 0.612. The van der Waals surface area contributed by atoms with Crippen molar-refractivity contribution < 1.29 is 0 Å². The molecule has 1 atom stereocenters. The first-order valence-electron chi connectivity index (χ1n) is 5.51. The zero-order valence-corrected chi connectivity index (χ0v) is 10.6. The maximum Gasteiger partial charge on any atom is 0.223 e. The summed E-state index contributed by atoms with van der Waals surface area (Å²) in [5.41, 5.74) is 2.05. The molecule has 0 saturated carbocycles. The minimum Gasteiger partial charge on any atom is -0.354 e. The monoisotopic (exact) mass is 242 g/mol. The molecule has 0 radical (unpaired) electrons. The Hall–Kier alpha value is -0.870. The fourth-order valence-electron chi connectivity index (χ4n) is 1.93. The van der Waals surface area contributed by atoms with Crippen LogP contribution in [0.5, 0.6) is 0 Å². The maximum atomic E-state index is 4.35. The summed E-state index contributed by atoms with van der Waals surface area (Å²) < 4.78 is 0. The Labute approximate surface area is 103 Å². The van der Waals surface area contributed by atoms with Gasteiger partial charge in [0.1, 0.15) is 0 Å². The summed E-state index contributed by atoms with van der Waals surface area (Å²) in [4.78, 5) is 8.70. The lowest BCUT2D eigenvalue weighted by Gasteiger charge is -2.10. The molecular weight excluding hydrogens is 224 g/mol. The van der Waals surface area contributed by atoms with Crippen LogP contribution in [-0.4, -0.2) is 29.6 Å². The molecule has 1 aliphatic rings. The Morgan fingerprint density at radius 2 is 2.06 bits per heavy atom. The number of anilines is 1. The minimum atomic E-state index is 0. The van der Waals surface area contributed by atoms with Crippen LogP contribution in [0.1, 0.15) is 17.8 Å². The molecule has 1 unspecified atom stereocenters. The number of halogens is 1. The Morgan fingerprint density at radius 1 is 1.38 bits per heavy atom. The number of aryl methyl sites for hydroxylation is 2. The molecule has 1 saturated heterocycles. The Bertz CT molecular complexity index is 317. The molecule has 1 aromatic rings. The molecule has 0 aromatic carbocycles. The molecule has 2 rings (SSSR count). The van der Waals surface area contributed by atoms with Crippen LogP contribution in [0.4, 0.5) is 5.95 Å². The smallest absolute Gasteiger partial charge is 0.223 e. The molecule has 90 valence electrons. The van der Waals surface area contributed by atoms with Crippen molar-refractivity contribution in [2.75, 3.05) is 25.0 Å². The number of hydrogen-bond acceptors (Lipinski definition) is 4. The van der Waals surface area contributed by atoms with E-state index in [1.165, 1.54) is 6.42 Å². The second kappa shape index (κ2) is 6.01. The van der Waals surface area contributed by atoms with Crippen LogP contribution in [0.15, 0.2) is 6.07 Å². The summed E-state index contributed by atoms with van der Waals surface area (Å²) >= 11 is 0. The lowest BCUT2D eigenvalue weighted by atomic mass is 10.1. The molecule has 2 N–H and O–H groups in total. The summed E-state index contributed by atoms with van der Waals surface area (Å²) in [6.45, 7) is 7.21. The van der Waals surface area contributed by atoms with Crippen molar-refractivity contribution in [2.24, 2.45) is 5.92 Å². The van der Waals surface area contributed by atoms with Crippen LogP contribution in [0.2, 0.25) is 0 Å². The van der Waals surface area contributed by atoms with Gasteiger partial charge < -0.3 is 10.6 Å².